The second kappa shape index (κ2) is 4.96. The summed E-state index contributed by atoms with van der Waals surface area (Å²) in [4.78, 5) is 15.3. The number of benzene rings is 1. The van der Waals surface area contributed by atoms with E-state index in [1.807, 2.05) is 24.3 Å². The molecule has 1 saturated heterocycles. The van der Waals surface area contributed by atoms with Crippen molar-refractivity contribution in [3.8, 4) is 5.75 Å². The van der Waals surface area contributed by atoms with Crippen molar-refractivity contribution in [2.24, 2.45) is 0 Å². The molecule has 0 saturated carbocycles. The van der Waals surface area contributed by atoms with E-state index in [4.69, 9.17) is 4.74 Å². The van der Waals surface area contributed by atoms with Gasteiger partial charge in [0.05, 0.1) is 0 Å². The molecule has 1 fully saturated rings. The molecule has 3 rings (SSSR count). The molecule has 0 unspecified atom stereocenters. The minimum atomic E-state index is -0.151. The third-order valence-electron chi connectivity index (χ3n) is 3.39. The number of hydrogen-bond donors (Lipinski definition) is 0. The Hall–Kier alpha value is -2.37. The Morgan fingerprint density at radius 3 is 2.95 bits per heavy atom. The zero-order valence-electron chi connectivity index (χ0n) is 10.9. The molecule has 2 amide bonds. The van der Waals surface area contributed by atoms with Crippen LogP contribution < -0.4 is 9.64 Å². The number of allylic oxidation sites excluding steroid dienone is 1. The Morgan fingerprint density at radius 1 is 1.30 bits per heavy atom. The molecule has 0 aliphatic carbocycles. The second-order valence-corrected chi connectivity index (χ2v) is 4.67. The number of amides is 2. The first-order valence-corrected chi connectivity index (χ1v) is 6.38. The molecule has 2 aliphatic rings. The van der Waals surface area contributed by atoms with Crippen LogP contribution in [0.2, 0.25) is 0 Å². The maximum atomic E-state index is 12.1. The van der Waals surface area contributed by atoms with Crippen molar-refractivity contribution in [3.63, 3.8) is 0 Å². The monoisotopic (exact) mass is 268 g/mol. The minimum absolute atomic E-state index is 0.135. The summed E-state index contributed by atoms with van der Waals surface area (Å²) in [5.74, 6) is 1.27. The summed E-state index contributed by atoms with van der Waals surface area (Å²) in [6.07, 6.45) is 3.86. The van der Waals surface area contributed by atoms with Gasteiger partial charge >= 0.3 is 116 Å². The van der Waals surface area contributed by atoms with Crippen molar-refractivity contribution < 1.29 is 14.2 Å². The molecule has 1 aromatic rings. The van der Waals surface area contributed by atoms with Gasteiger partial charge in [-0.25, -0.2) is 0 Å². The summed E-state index contributed by atoms with van der Waals surface area (Å²) >= 11 is 0. The van der Waals surface area contributed by atoms with E-state index >= 15 is 0 Å². The van der Waals surface area contributed by atoms with Gasteiger partial charge in [-0.2, -0.15) is 0 Å². The topological polar surface area (TPSA) is 49.9 Å². The predicted octanol–water partition coefficient (Wildman–Crippen LogP) is 1.86. The van der Waals surface area contributed by atoms with Crippen molar-refractivity contribution in [1.82, 2.24) is 4.90 Å². The Morgan fingerprint density at radius 2 is 2.15 bits per heavy atom. The number of anilines is 1. The number of rotatable bonds is 3. The molecule has 6 heteroatoms. The van der Waals surface area contributed by atoms with Crippen molar-refractivity contribution in [2.75, 3.05) is 24.4 Å². The van der Waals surface area contributed by atoms with Gasteiger partial charge in [-0.15, -0.1) is 0 Å². The molecule has 5 nitrogen and oxygen atoms in total. The summed E-state index contributed by atoms with van der Waals surface area (Å²) in [6.45, 7) is 4.88. The van der Waals surface area contributed by atoms with E-state index in [9.17, 15) is 9.50 Å². The zero-order chi connectivity index (χ0) is 14.1. The number of carbonyl (C=O) groups excluding carboxylic acids is 1. The van der Waals surface area contributed by atoms with Crippen LogP contribution in [0.1, 0.15) is 5.56 Å². The van der Waals surface area contributed by atoms with Crippen LogP contribution in [0.5, 0.6) is 5.75 Å². The second-order valence-electron chi connectivity index (χ2n) is 4.67. The summed E-state index contributed by atoms with van der Waals surface area (Å²) in [6, 6.07) is 5.46. The van der Waals surface area contributed by atoms with Crippen LogP contribution in [0.3, 0.4) is 0 Å². The van der Waals surface area contributed by atoms with Gasteiger partial charge in [0.2, 0.25) is 0 Å². The predicted molar refractivity (Wildman–Crippen MR) is 76.0 cm³/mol. The standard InChI is InChI=1S/C14H13BN2O3/c1-10-2-3-11-4-5-12(8-13(11)20-10)17-7-6-16(9-15-19)14(17)18/h2-5,8H,1,6-7,9H2. The van der Waals surface area contributed by atoms with Crippen LogP contribution in [0.4, 0.5) is 10.5 Å². The Balaban J connectivity index is 1.87. The first kappa shape index (κ1) is 12.7. The molecule has 2 heterocycles. The normalized spacial score (nSPS) is 17.0. The van der Waals surface area contributed by atoms with Gasteiger partial charge in [-0.3, -0.25) is 0 Å². The summed E-state index contributed by atoms with van der Waals surface area (Å²) in [5, 5.41) is 0. The summed E-state index contributed by atoms with van der Waals surface area (Å²) in [5.41, 5.74) is 1.72. The third-order valence-corrected chi connectivity index (χ3v) is 3.39. The first-order valence-electron chi connectivity index (χ1n) is 6.38. The number of ether oxygens (including phenoxy) is 1. The van der Waals surface area contributed by atoms with Crippen molar-refractivity contribution in [2.45, 2.75) is 0 Å². The van der Waals surface area contributed by atoms with E-state index in [1.54, 1.807) is 11.0 Å². The van der Waals surface area contributed by atoms with E-state index in [0.29, 0.717) is 24.6 Å². The van der Waals surface area contributed by atoms with E-state index < -0.39 is 0 Å². The summed E-state index contributed by atoms with van der Waals surface area (Å²) in [7, 11) is 0.742. The fourth-order valence-electron chi connectivity index (χ4n) is 2.36. The van der Waals surface area contributed by atoms with Gasteiger partial charge in [-0.05, 0) is 0 Å². The number of nitrogens with zero attached hydrogens (tertiary/aromatic N) is 2. The molecule has 1 aromatic carbocycles. The molecule has 0 N–H and O–H groups in total. The molecule has 0 bridgehead atoms. The average molecular weight is 268 g/mol. The molecule has 0 spiro atoms. The SMILES string of the molecule is C=C1C=Cc2ccc(N3CCN(CB=O)C3=O)cc2O1. The average Bonchev–Trinajstić information content (AvgIpc) is 2.80. The molecule has 0 radical (unpaired) electrons. The Bertz CT molecular complexity index is 627. The van der Waals surface area contributed by atoms with Crippen LogP contribution in [0, 0.1) is 0 Å². The Labute approximate surface area is 117 Å². The van der Waals surface area contributed by atoms with Crippen LogP contribution in [-0.2, 0) is 4.70 Å². The van der Waals surface area contributed by atoms with Crippen molar-refractivity contribution in [3.05, 3.63) is 42.2 Å². The fraction of sp³-hybridized carbons (Fsp3) is 0.214. The number of urea groups is 1. The number of hydrogen-bond acceptors (Lipinski definition) is 3. The van der Waals surface area contributed by atoms with Crippen LogP contribution >= 0.6 is 0 Å². The fourth-order valence-corrected chi connectivity index (χ4v) is 2.36. The van der Waals surface area contributed by atoms with Gasteiger partial charge in [0, 0.05) is 0 Å². The van der Waals surface area contributed by atoms with E-state index in [1.165, 1.54) is 4.90 Å². The molecule has 0 atom stereocenters. The van der Waals surface area contributed by atoms with Crippen molar-refractivity contribution in [1.29, 1.82) is 0 Å². The third kappa shape index (κ3) is 2.13. The molecule has 100 valence electrons. The first-order chi connectivity index (χ1) is 9.69. The molecular weight excluding hydrogens is 255 g/mol. The van der Waals surface area contributed by atoms with Crippen LogP contribution in [-0.4, -0.2) is 37.6 Å². The number of fused-ring (bicyclic) bond motifs is 1. The zero-order valence-corrected chi connectivity index (χ0v) is 10.9. The van der Waals surface area contributed by atoms with Crippen LogP contribution in [0.25, 0.3) is 6.08 Å². The quantitative estimate of drug-likeness (QED) is 0.786. The van der Waals surface area contributed by atoms with E-state index in [-0.39, 0.29) is 12.5 Å². The Kier molecular flexibility index (Phi) is 3.14. The van der Waals surface area contributed by atoms with Crippen molar-refractivity contribution >= 4 is 24.9 Å². The number of carbonyl (C=O) groups is 1. The van der Waals surface area contributed by atoms with Gasteiger partial charge in [-0.1, -0.05) is 0 Å². The van der Waals surface area contributed by atoms with Gasteiger partial charge in [0.1, 0.15) is 0 Å². The molecule has 2 aliphatic heterocycles. The summed E-state index contributed by atoms with van der Waals surface area (Å²) < 4.78 is 16.1. The van der Waals surface area contributed by atoms with Gasteiger partial charge in [0.25, 0.3) is 0 Å². The molecular formula is C14H13BN2O3. The molecule has 20 heavy (non-hydrogen) atoms. The van der Waals surface area contributed by atoms with Gasteiger partial charge in [0.15, 0.2) is 0 Å². The molecule has 0 aromatic heterocycles. The maximum absolute atomic E-state index is 12.1. The van der Waals surface area contributed by atoms with Crippen LogP contribution in [0.15, 0.2) is 36.6 Å². The van der Waals surface area contributed by atoms with E-state index in [0.717, 1.165) is 18.4 Å². The van der Waals surface area contributed by atoms with Gasteiger partial charge < -0.3 is 0 Å². The van der Waals surface area contributed by atoms with E-state index in [2.05, 4.69) is 6.58 Å².